The maximum Gasteiger partial charge on any atom is 0.133 e. The van der Waals surface area contributed by atoms with Crippen LogP contribution < -0.4 is 4.74 Å². The van der Waals surface area contributed by atoms with Gasteiger partial charge >= 0.3 is 0 Å². The summed E-state index contributed by atoms with van der Waals surface area (Å²) in [5, 5.41) is 9.07. The molecule has 0 aliphatic rings. The minimum Gasteiger partial charge on any atom is -0.490 e. The Labute approximate surface area is 121 Å². The van der Waals surface area contributed by atoms with E-state index in [9.17, 15) is 8.78 Å². The smallest absolute Gasteiger partial charge is 0.133 e. The molecule has 4 heteroatoms. The Morgan fingerprint density at radius 1 is 1.05 bits per heavy atom. The quantitative estimate of drug-likeness (QED) is 0.854. The highest BCUT2D eigenvalue weighted by atomic mass is 19.1. The Balaban J connectivity index is 0. The maximum atomic E-state index is 13.5. The topological polar surface area (TPSA) is 29.5 Å². The van der Waals surface area contributed by atoms with Crippen molar-refractivity contribution < 1.29 is 18.6 Å². The van der Waals surface area contributed by atoms with E-state index >= 15 is 0 Å². The number of hydrogen-bond acceptors (Lipinski definition) is 2. The van der Waals surface area contributed by atoms with Crippen molar-refractivity contribution in [2.24, 2.45) is 0 Å². The van der Waals surface area contributed by atoms with Crippen LogP contribution in [0.2, 0.25) is 0 Å². The first kappa shape index (κ1) is 21.1. The molecule has 0 aromatic heterocycles. The van der Waals surface area contributed by atoms with Crippen LogP contribution in [0.25, 0.3) is 0 Å². The molecule has 0 bridgehead atoms. The fraction of sp³-hybridized carbons (Fsp3) is 0.625. The number of ether oxygens (including phenoxy) is 1. The van der Waals surface area contributed by atoms with Gasteiger partial charge in [-0.25, -0.2) is 8.78 Å². The first-order valence-electron chi connectivity index (χ1n) is 7.21. The van der Waals surface area contributed by atoms with Gasteiger partial charge in [0.2, 0.25) is 0 Å². The fourth-order valence-corrected chi connectivity index (χ4v) is 1.45. The molecule has 0 aliphatic carbocycles. The molecule has 0 saturated carbocycles. The van der Waals surface area contributed by atoms with E-state index in [0.717, 1.165) is 12.1 Å². The monoisotopic (exact) mass is 290 g/mol. The van der Waals surface area contributed by atoms with Crippen LogP contribution in [0.3, 0.4) is 0 Å². The lowest BCUT2D eigenvalue weighted by molar-refractivity contribution is 0.121. The zero-order chi connectivity index (χ0) is 16.3. The first-order valence-corrected chi connectivity index (χ1v) is 7.21. The lowest BCUT2D eigenvalue weighted by atomic mass is 10.0. The van der Waals surface area contributed by atoms with Crippen molar-refractivity contribution in [3.63, 3.8) is 0 Å². The maximum absolute atomic E-state index is 13.5. The van der Waals surface area contributed by atoms with E-state index in [4.69, 9.17) is 9.84 Å². The lowest BCUT2D eigenvalue weighted by Crippen LogP contribution is -2.14. The van der Waals surface area contributed by atoms with Gasteiger partial charge in [-0.15, -0.1) is 0 Å². The molecule has 118 valence electrons. The number of aliphatic hydroxyl groups excluding tert-OH is 1. The van der Waals surface area contributed by atoms with Gasteiger partial charge < -0.3 is 9.84 Å². The van der Waals surface area contributed by atoms with Crippen molar-refractivity contribution in [3.8, 4) is 5.75 Å². The summed E-state index contributed by atoms with van der Waals surface area (Å²) in [5.74, 6) is -1.24. The van der Waals surface area contributed by atoms with Crippen LogP contribution in [0.5, 0.6) is 5.75 Å². The number of halogens is 2. The highest BCUT2D eigenvalue weighted by molar-refractivity contribution is 5.37. The largest absolute Gasteiger partial charge is 0.490 e. The van der Waals surface area contributed by atoms with Crippen LogP contribution in [0, 0.1) is 11.6 Å². The van der Waals surface area contributed by atoms with Crippen LogP contribution in [0.1, 0.15) is 59.9 Å². The average Bonchev–Trinajstić information content (AvgIpc) is 2.39. The van der Waals surface area contributed by atoms with Gasteiger partial charge in [0.25, 0.3) is 0 Å². The van der Waals surface area contributed by atoms with Crippen molar-refractivity contribution in [1.29, 1.82) is 0 Å². The second-order valence-electron chi connectivity index (χ2n) is 4.11. The minimum absolute atomic E-state index is 0.0165. The Morgan fingerprint density at radius 3 is 1.95 bits per heavy atom. The number of hydrogen-bond donors (Lipinski definition) is 1. The Bertz CT molecular complexity index is 364. The number of benzene rings is 1. The van der Waals surface area contributed by atoms with Crippen molar-refractivity contribution in [2.45, 2.75) is 60.5 Å². The Morgan fingerprint density at radius 2 is 1.55 bits per heavy atom. The molecule has 0 saturated heterocycles. The van der Waals surface area contributed by atoms with Gasteiger partial charge in [-0.3, -0.25) is 0 Å². The molecule has 1 rings (SSSR count). The minimum atomic E-state index is -0.678. The van der Waals surface area contributed by atoms with Crippen LogP contribution in [0.15, 0.2) is 12.1 Å². The summed E-state index contributed by atoms with van der Waals surface area (Å²) in [7, 11) is 0. The highest BCUT2D eigenvalue weighted by Gasteiger charge is 2.16. The molecular weight excluding hydrogens is 262 g/mol. The van der Waals surface area contributed by atoms with Crippen LogP contribution >= 0.6 is 0 Å². The molecule has 0 spiro atoms. The molecule has 0 heterocycles. The Kier molecular flexibility index (Phi) is 12.3. The molecule has 0 aliphatic heterocycles. The molecule has 2 nitrogen and oxygen atoms in total. The fourth-order valence-electron chi connectivity index (χ4n) is 1.45. The van der Waals surface area contributed by atoms with Gasteiger partial charge in [0.15, 0.2) is 0 Å². The molecule has 1 N–H and O–H groups in total. The van der Waals surface area contributed by atoms with Crippen LogP contribution in [-0.2, 0) is 0 Å². The van der Waals surface area contributed by atoms with Gasteiger partial charge in [0, 0.05) is 17.7 Å². The first-order chi connectivity index (χ1) is 9.41. The summed E-state index contributed by atoms with van der Waals surface area (Å²) in [4.78, 5) is 0. The third-order valence-corrected chi connectivity index (χ3v) is 2.11. The zero-order valence-electron chi connectivity index (χ0n) is 13.6. The number of aliphatic hydroxyl groups is 1. The summed E-state index contributed by atoms with van der Waals surface area (Å²) < 4.78 is 31.7. The molecule has 0 fully saturated rings. The molecule has 1 atom stereocenters. The van der Waals surface area contributed by atoms with Crippen molar-refractivity contribution in [2.75, 3.05) is 6.61 Å². The predicted molar refractivity (Wildman–Crippen MR) is 80.3 cm³/mol. The third kappa shape index (κ3) is 7.43. The second-order valence-corrected chi connectivity index (χ2v) is 4.11. The molecule has 20 heavy (non-hydrogen) atoms. The van der Waals surface area contributed by atoms with E-state index in [2.05, 4.69) is 0 Å². The molecule has 0 radical (unpaired) electrons. The summed E-state index contributed by atoms with van der Waals surface area (Å²) in [6.07, 6.45) is -0.675. The second kappa shape index (κ2) is 11.6. The van der Waals surface area contributed by atoms with Gasteiger partial charge in [0.05, 0.1) is 6.10 Å². The van der Waals surface area contributed by atoms with E-state index in [1.165, 1.54) is 0 Å². The van der Waals surface area contributed by atoms with E-state index < -0.39 is 17.7 Å². The van der Waals surface area contributed by atoms with Crippen molar-refractivity contribution in [1.82, 2.24) is 0 Å². The molecule has 1 aromatic carbocycles. The molecule has 1 unspecified atom stereocenters. The van der Waals surface area contributed by atoms with Crippen molar-refractivity contribution in [3.05, 3.63) is 29.3 Å². The van der Waals surface area contributed by atoms with Crippen LogP contribution in [0.4, 0.5) is 8.78 Å². The normalized spacial score (nSPS) is 10.9. The summed E-state index contributed by atoms with van der Waals surface area (Å²) in [5.41, 5.74) is 0.335. The molecular formula is C16H28F2O2. The van der Waals surface area contributed by atoms with Gasteiger partial charge in [0.1, 0.15) is 24.0 Å². The van der Waals surface area contributed by atoms with E-state index in [1.54, 1.807) is 20.8 Å². The van der Waals surface area contributed by atoms with Crippen LogP contribution in [-0.4, -0.2) is 17.8 Å². The highest BCUT2D eigenvalue weighted by Crippen LogP contribution is 2.30. The van der Waals surface area contributed by atoms with Gasteiger partial charge in [-0.2, -0.15) is 0 Å². The standard InChI is InChI=1S/C12H16F2O2.2C2H6/c1-7(2)12-10(14)4-9(13)5-11(12)16-6-8(3)15;2*1-2/h4-5,7-8,15H,6H2,1-3H3;2*1-2H3. The summed E-state index contributed by atoms with van der Waals surface area (Å²) in [6, 6.07) is 1.98. The lowest BCUT2D eigenvalue weighted by Gasteiger charge is -2.16. The van der Waals surface area contributed by atoms with Gasteiger partial charge in [-0.1, -0.05) is 41.5 Å². The van der Waals surface area contributed by atoms with E-state index in [1.807, 2.05) is 27.7 Å². The Hall–Kier alpha value is -1.16. The predicted octanol–water partition coefficient (Wildman–Crippen LogP) is 4.90. The number of rotatable bonds is 4. The summed E-state index contributed by atoms with van der Waals surface area (Å²) in [6.45, 7) is 13.2. The average molecular weight is 290 g/mol. The third-order valence-electron chi connectivity index (χ3n) is 2.11. The van der Waals surface area contributed by atoms with Crippen molar-refractivity contribution >= 4 is 0 Å². The molecule has 1 aromatic rings. The van der Waals surface area contributed by atoms with E-state index in [0.29, 0.717) is 5.56 Å². The van der Waals surface area contributed by atoms with E-state index in [-0.39, 0.29) is 18.3 Å². The summed E-state index contributed by atoms with van der Waals surface area (Å²) >= 11 is 0. The molecule has 0 amide bonds. The SMILES string of the molecule is CC.CC.CC(O)COc1cc(F)cc(F)c1C(C)C. The van der Waals surface area contributed by atoms with Gasteiger partial charge in [-0.05, 0) is 12.8 Å². The zero-order valence-corrected chi connectivity index (χ0v) is 13.6.